The molecule has 0 saturated carbocycles. The maximum atomic E-state index is 6.22. The Morgan fingerprint density at radius 1 is 1.19 bits per heavy atom. The average molecular weight is 303 g/mol. The fourth-order valence-electron chi connectivity index (χ4n) is 2.23. The van der Waals surface area contributed by atoms with Gasteiger partial charge < -0.3 is 5.32 Å². The van der Waals surface area contributed by atoms with Crippen molar-refractivity contribution in [2.45, 2.75) is 25.8 Å². The van der Waals surface area contributed by atoms with Crippen molar-refractivity contribution in [3.8, 4) is 0 Å². The molecular formula is C14H15ClN6. The van der Waals surface area contributed by atoms with E-state index >= 15 is 0 Å². The first-order chi connectivity index (χ1) is 10.0. The van der Waals surface area contributed by atoms with Crippen molar-refractivity contribution in [2.24, 2.45) is 0 Å². The highest BCUT2D eigenvalue weighted by molar-refractivity contribution is 6.31. The third-order valence-electron chi connectivity index (χ3n) is 3.13. The predicted molar refractivity (Wildman–Crippen MR) is 81.4 cm³/mol. The zero-order chi connectivity index (χ0) is 14.9. The summed E-state index contributed by atoms with van der Waals surface area (Å²) in [7, 11) is 0. The minimum Gasteiger partial charge on any atom is -0.363 e. The molecule has 0 spiro atoms. The van der Waals surface area contributed by atoms with Crippen molar-refractivity contribution in [3.05, 3.63) is 47.0 Å². The number of benzene rings is 1. The Kier molecular flexibility index (Phi) is 3.47. The van der Waals surface area contributed by atoms with Crippen molar-refractivity contribution in [1.29, 1.82) is 0 Å². The number of hydrogen-bond donors (Lipinski definition) is 1. The molecule has 3 aromatic rings. The van der Waals surface area contributed by atoms with Gasteiger partial charge in [-0.15, -0.1) is 14.8 Å². The zero-order valence-corrected chi connectivity index (χ0v) is 12.5. The Morgan fingerprint density at radius 2 is 2.00 bits per heavy atom. The molecule has 0 unspecified atom stereocenters. The lowest BCUT2D eigenvalue weighted by molar-refractivity contribution is 0.558. The first kappa shape index (κ1) is 13.8. The number of nitrogens with zero attached hydrogens (tertiary/aromatic N) is 5. The maximum absolute atomic E-state index is 6.22. The van der Waals surface area contributed by atoms with Crippen LogP contribution in [0.2, 0.25) is 5.02 Å². The number of hydrogen-bond acceptors (Lipinski definition) is 5. The van der Waals surface area contributed by atoms with Crippen molar-refractivity contribution in [3.63, 3.8) is 0 Å². The lowest BCUT2D eigenvalue weighted by Crippen LogP contribution is -2.34. The van der Waals surface area contributed by atoms with Gasteiger partial charge in [0.15, 0.2) is 5.65 Å². The molecule has 0 aliphatic heterocycles. The Bertz CT molecular complexity index is 767. The summed E-state index contributed by atoms with van der Waals surface area (Å²) in [6.07, 6.45) is 0.780. The Balaban J connectivity index is 1.80. The molecule has 0 aliphatic rings. The summed E-state index contributed by atoms with van der Waals surface area (Å²) in [4.78, 5) is 0. The molecule has 3 rings (SSSR count). The normalized spacial score (nSPS) is 11.8. The minimum atomic E-state index is -0.209. The summed E-state index contributed by atoms with van der Waals surface area (Å²) in [5.41, 5.74) is 1.50. The van der Waals surface area contributed by atoms with Gasteiger partial charge in [0.05, 0.1) is 0 Å². The lowest BCUT2D eigenvalue weighted by atomic mass is 9.95. The molecule has 108 valence electrons. The molecule has 2 aromatic heterocycles. The number of nitrogens with one attached hydrogen (secondary N) is 1. The lowest BCUT2D eigenvalue weighted by Gasteiger charge is -2.27. The van der Waals surface area contributed by atoms with Gasteiger partial charge in [-0.25, -0.2) is 0 Å². The number of anilines is 1. The van der Waals surface area contributed by atoms with Gasteiger partial charge in [-0.05, 0) is 54.5 Å². The summed E-state index contributed by atoms with van der Waals surface area (Å²) in [5.74, 6) is 0.715. The van der Waals surface area contributed by atoms with E-state index in [1.807, 2.05) is 36.4 Å². The number of rotatable bonds is 4. The van der Waals surface area contributed by atoms with Crippen LogP contribution < -0.4 is 5.32 Å². The highest BCUT2D eigenvalue weighted by atomic mass is 35.5. The highest BCUT2D eigenvalue weighted by Gasteiger charge is 2.20. The van der Waals surface area contributed by atoms with E-state index in [2.05, 4.69) is 39.8 Å². The predicted octanol–water partition coefficient (Wildman–Crippen LogP) is 2.61. The van der Waals surface area contributed by atoms with E-state index in [9.17, 15) is 0 Å². The van der Waals surface area contributed by atoms with E-state index in [1.54, 1.807) is 0 Å². The smallest absolute Gasteiger partial charge is 0.200 e. The van der Waals surface area contributed by atoms with Crippen molar-refractivity contribution in [2.75, 3.05) is 5.32 Å². The summed E-state index contributed by atoms with van der Waals surface area (Å²) < 4.78 is 1.40. The summed E-state index contributed by atoms with van der Waals surface area (Å²) in [5, 5.41) is 19.7. The van der Waals surface area contributed by atoms with Gasteiger partial charge in [0, 0.05) is 10.6 Å². The van der Waals surface area contributed by atoms with Gasteiger partial charge >= 0.3 is 0 Å². The van der Waals surface area contributed by atoms with E-state index in [-0.39, 0.29) is 5.54 Å². The molecule has 0 saturated heterocycles. The second kappa shape index (κ2) is 5.29. The zero-order valence-electron chi connectivity index (χ0n) is 11.8. The molecule has 0 amide bonds. The molecular weight excluding hydrogens is 288 g/mol. The standard InChI is InChI=1S/C14H15ClN6/c1-14(2,9-10-5-3-4-6-11(10)15)16-12-7-8-13-17-19-20-21(13)18-12/h3-8H,9H2,1-2H3,(H,16,18). The maximum Gasteiger partial charge on any atom is 0.200 e. The molecule has 0 aliphatic carbocycles. The van der Waals surface area contributed by atoms with Gasteiger partial charge in [0.2, 0.25) is 0 Å². The van der Waals surface area contributed by atoms with Gasteiger partial charge in [0.25, 0.3) is 0 Å². The average Bonchev–Trinajstić information content (AvgIpc) is 2.88. The van der Waals surface area contributed by atoms with E-state index in [4.69, 9.17) is 11.6 Å². The molecule has 21 heavy (non-hydrogen) atoms. The largest absolute Gasteiger partial charge is 0.363 e. The second-order valence-electron chi connectivity index (χ2n) is 5.52. The van der Waals surface area contributed by atoms with Crippen molar-refractivity contribution < 1.29 is 0 Å². The molecule has 0 fully saturated rings. The summed E-state index contributed by atoms with van der Waals surface area (Å²) in [6, 6.07) is 11.5. The molecule has 1 aromatic carbocycles. The van der Waals surface area contributed by atoms with Crippen molar-refractivity contribution in [1.82, 2.24) is 25.3 Å². The number of halogens is 1. The summed E-state index contributed by atoms with van der Waals surface area (Å²) >= 11 is 6.22. The van der Waals surface area contributed by atoms with Gasteiger partial charge in [-0.2, -0.15) is 0 Å². The SMILES string of the molecule is CC(C)(Cc1ccccc1Cl)Nc1ccc2nnnn2n1. The van der Waals surface area contributed by atoms with E-state index in [0.717, 1.165) is 17.0 Å². The van der Waals surface area contributed by atoms with Crippen LogP contribution in [0.3, 0.4) is 0 Å². The van der Waals surface area contributed by atoms with Gasteiger partial charge in [-0.3, -0.25) is 0 Å². The van der Waals surface area contributed by atoms with Crippen LogP contribution in [0, 0.1) is 0 Å². The Hall–Kier alpha value is -2.21. The van der Waals surface area contributed by atoms with Gasteiger partial charge in [-0.1, -0.05) is 29.8 Å². The minimum absolute atomic E-state index is 0.209. The van der Waals surface area contributed by atoms with E-state index in [0.29, 0.717) is 11.5 Å². The molecule has 0 bridgehead atoms. The third-order valence-corrected chi connectivity index (χ3v) is 3.49. The Labute approximate surface area is 127 Å². The fourth-order valence-corrected chi connectivity index (χ4v) is 2.43. The van der Waals surface area contributed by atoms with E-state index < -0.39 is 0 Å². The topological polar surface area (TPSA) is 68.0 Å². The molecule has 7 heteroatoms. The van der Waals surface area contributed by atoms with Crippen molar-refractivity contribution >= 4 is 23.1 Å². The molecule has 0 atom stereocenters. The van der Waals surface area contributed by atoms with Gasteiger partial charge in [0.1, 0.15) is 5.82 Å². The number of aromatic nitrogens is 5. The molecule has 2 heterocycles. The first-order valence-electron chi connectivity index (χ1n) is 6.60. The second-order valence-corrected chi connectivity index (χ2v) is 5.93. The number of fused-ring (bicyclic) bond motifs is 1. The number of tetrazole rings is 1. The highest BCUT2D eigenvalue weighted by Crippen LogP contribution is 2.23. The quantitative estimate of drug-likeness (QED) is 0.802. The van der Waals surface area contributed by atoms with Crippen LogP contribution in [0.1, 0.15) is 19.4 Å². The van der Waals surface area contributed by atoms with Crippen LogP contribution in [0.4, 0.5) is 5.82 Å². The Morgan fingerprint density at radius 3 is 2.81 bits per heavy atom. The van der Waals surface area contributed by atoms with E-state index in [1.165, 1.54) is 4.63 Å². The third kappa shape index (κ3) is 3.11. The van der Waals surface area contributed by atoms with Crippen LogP contribution in [-0.2, 0) is 6.42 Å². The van der Waals surface area contributed by atoms with Crippen LogP contribution >= 0.6 is 11.6 Å². The summed E-state index contributed by atoms with van der Waals surface area (Å²) in [6.45, 7) is 4.20. The van der Waals surface area contributed by atoms with Crippen LogP contribution in [0.25, 0.3) is 5.65 Å². The molecule has 1 N–H and O–H groups in total. The monoisotopic (exact) mass is 302 g/mol. The molecule has 6 nitrogen and oxygen atoms in total. The first-order valence-corrected chi connectivity index (χ1v) is 6.98. The van der Waals surface area contributed by atoms with Crippen LogP contribution in [0.5, 0.6) is 0 Å². The van der Waals surface area contributed by atoms with Crippen LogP contribution in [-0.4, -0.2) is 30.8 Å². The molecule has 0 radical (unpaired) electrons. The van der Waals surface area contributed by atoms with Crippen LogP contribution in [0.15, 0.2) is 36.4 Å². The fraction of sp³-hybridized carbons (Fsp3) is 0.286.